The van der Waals surface area contributed by atoms with Crippen LogP contribution in [0.5, 0.6) is 0 Å². The zero-order valence-corrected chi connectivity index (χ0v) is 6.51. The number of carbonyl (C=O) groups is 4. The molecular formula is C8H10O4. The Balaban J connectivity index is 4.19. The Labute approximate surface area is 69.9 Å². The predicted octanol–water partition coefficient (Wildman–Crippen LogP) is -0.205. The third-order valence-electron chi connectivity index (χ3n) is 1.64. The second-order valence-corrected chi connectivity index (χ2v) is 2.40. The monoisotopic (exact) mass is 170 g/mol. The summed E-state index contributed by atoms with van der Waals surface area (Å²) in [6.45, 7) is 0. The lowest BCUT2D eigenvalue weighted by Crippen LogP contribution is -2.18. The Hall–Kier alpha value is -1.32. The van der Waals surface area contributed by atoms with Crippen LogP contribution >= 0.6 is 0 Å². The molecule has 66 valence electrons. The molecule has 0 saturated carbocycles. The van der Waals surface area contributed by atoms with Crippen molar-refractivity contribution in [2.24, 2.45) is 11.8 Å². The molecule has 4 nitrogen and oxygen atoms in total. The Morgan fingerprint density at radius 1 is 0.750 bits per heavy atom. The standard InChI is InChI=1S/C8H10O4/c9-3-1-7(5-11)8(6-12)2-4-10/h3-8H,1-2H2. The van der Waals surface area contributed by atoms with E-state index in [2.05, 4.69) is 0 Å². The van der Waals surface area contributed by atoms with Gasteiger partial charge in [-0.2, -0.15) is 0 Å². The molecule has 0 saturated heterocycles. The van der Waals surface area contributed by atoms with E-state index >= 15 is 0 Å². The summed E-state index contributed by atoms with van der Waals surface area (Å²) >= 11 is 0. The molecule has 0 rings (SSSR count). The molecular weight excluding hydrogens is 160 g/mol. The summed E-state index contributed by atoms with van der Waals surface area (Å²) in [6, 6.07) is 0. The maximum Gasteiger partial charge on any atom is 0.124 e. The first-order valence-electron chi connectivity index (χ1n) is 3.58. The molecule has 0 aliphatic rings. The van der Waals surface area contributed by atoms with E-state index in [1.165, 1.54) is 0 Å². The number of hydrogen-bond acceptors (Lipinski definition) is 4. The van der Waals surface area contributed by atoms with Crippen molar-refractivity contribution in [3.8, 4) is 0 Å². The van der Waals surface area contributed by atoms with Crippen molar-refractivity contribution < 1.29 is 19.2 Å². The summed E-state index contributed by atoms with van der Waals surface area (Å²) in [5, 5.41) is 0. The lowest BCUT2D eigenvalue weighted by atomic mass is 9.90. The number of hydrogen-bond donors (Lipinski definition) is 0. The molecule has 0 bridgehead atoms. The fraction of sp³-hybridized carbons (Fsp3) is 0.500. The number of rotatable bonds is 7. The van der Waals surface area contributed by atoms with Gasteiger partial charge in [-0.05, 0) is 0 Å². The first-order valence-corrected chi connectivity index (χ1v) is 3.58. The molecule has 0 aliphatic heterocycles. The number of carbonyl (C=O) groups excluding carboxylic acids is 4. The van der Waals surface area contributed by atoms with Gasteiger partial charge in [-0.15, -0.1) is 0 Å². The van der Waals surface area contributed by atoms with Crippen LogP contribution in [0.2, 0.25) is 0 Å². The molecule has 0 N–H and O–H groups in total. The van der Waals surface area contributed by atoms with E-state index < -0.39 is 11.8 Å². The van der Waals surface area contributed by atoms with E-state index in [-0.39, 0.29) is 12.8 Å². The van der Waals surface area contributed by atoms with E-state index in [0.29, 0.717) is 25.1 Å². The second-order valence-electron chi connectivity index (χ2n) is 2.40. The van der Waals surface area contributed by atoms with Gasteiger partial charge in [-0.1, -0.05) is 0 Å². The summed E-state index contributed by atoms with van der Waals surface area (Å²) in [5.41, 5.74) is 0. The Morgan fingerprint density at radius 3 is 1.25 bits per heavy atom. The minimum absolute atomic E-state index is 0.000741. The molecule has 0 aliphatic carbocycles. The van der Waals surface area contributed by atoms with Crippen molar-refractivity contribution in [2.75, 3.05) is 0 Å². The molecule has 2 unspecified atom stereocenters. The average molecular weight is 170 g/mol. The van der Waals surface area contributed by atoms with Gasteiger partial charge in [-0.3, -0.25) is 0 Å². The molecule has 0 heterocycles. The van der Waals surface area contributed by atoms with Gasteiger partial charge in [-0.25, -0.2) is 0 Å². The largest absolute Gasteiger partial charge is 0.303 e. The fourth-order valence-electron chi connectivity index (χ4n) is 0.885. The molecule has 0 fully saturated rings. The van der Waals surface area contributed by atoms with Crippen LogP contribution in [0.1, 0.15) is 12.8 Å². The van der Waals surface area contributed by atoms with Crippen LogP contribution in [-0.4, -0.2) is 25.1 Å². The summed E-state index contributed by atoms with van der Waals surface area (Å²) in [6.07, 6.45) is 2.22. The third-order valence-corrected chi connectivity index (χ3v) is 1.64. The van der Waals surface area contributed by atoms with Crippen LogP contribution < -0.4 is 0 Å². The van der Waals surface area contributed by atoms with Crippen molar-refractivity contribution in [1.29, 1.82) is 0 Å². The number of aldehydes is 4. The normalized spacial score (nSPS) is 14.3. The van der Waals surface area contributed by atoms with Crippen molar-refractivity contribution in [1.82, 2.24) is 0 Å². The molecule has 4 heteroatoms. The molecule has 2 atom stereocenters. The van der Waals surface area contributed by atoms with Crippen LogP contribution in [0, 0.1) is 11.8 Å². The summed E-state index contributed by atoms with van der Waals surface area (Å²) in [7, 11) is 0. The van der Waals surface area contributed by atoms with Crippen LogP contribution in [0.15, 0.2) is 0 Å². The molecule has 0 radical (unpaired) electrons. The van der Waals surface area contributed by atoms with Gasteiger partial charge in [0, 0.05) is 24.7 Å². The average Bonchev–Trinajstić information content (AvgIpc) is 2.11. The Kier molecular flexibility index (Phi) is 5.69. The van der Waals surface area contributed by atoms with Crippen LogP contribution in [0.3, 0.4) is 0 Å². The first kappa shape index (κ1) is 10.7. The van der Waals surface area contributed by atoms with Crippen LogP contribution in [0.25, 0.3) is 0 Å². The molecule has 0 spiro atoms. The van der Waals surface area contributed by atoms with Crippen LogP contribution in [-0.2, 0) is 19.2 Å². The highest BCUT2D eigenvalue weighted by Crippen LogP contribution is 2.12. The first-order chi connectivity index (χ1) is 5.79. The molecule has 0 aromatic rings. The Bertz CT molecular complexity index is 156. The van der Waals surface area contributed by atoms with Gasteiger partial charge in [0.05, 0.1) is 0 Å². The lowest BCUT2D eigenvalue weighted by molar-refractivity contribution is -0.123. The minimum Gasteiger partial charge on any atom is -0.303 e. The highest BCUT2D eigenvalue weighted by atomic mass is 16.1. The Morgan fingerprint density at radius 2 is 1.08 bits per heavy atom. The van der Waals surface area contributed by atoms with Crippen LogP contribution in [0.4, 0.5) is 0 Å². The fourth-order valence-corrected chi connectivity index (χ4v) is 0.885. The minimum atomic E-state index is -0.648. The van der Waals surface area contributed by atoms with Gasteiger partial charge >= 0.3 is 0 Å². The maximum atomic E-state index is 10.3. The molecule has 0 amide bonds. The van der Waals surface area contributed by atoms with Gasteiger partial charge in [0.15, 0.2) is 0 Å². The van der Waals surface area contributed by atoms with E-state index in [4.69, 9.17) is 0 Å². The van der Waals surface area contributed by atoms with E-state index in [9.17, 15) is 19.2 Å². The van der Waals surface area contributed by atoms with Crippen molar-refractivity contribution in [3.63, 3.8) is 0 Å². The quantitative estimate of drug-likeness (QED) is 0.496. The SMILES string of the molecule is O=CCC(C=O)C(C=O)CC=O. The van der Waals surface area contributed by atoms with Gasteiger partial charge in [0.2, 0.25) is 0 Å². The van der Waals surface area contributed by atoms with Gasteiger partial charge in [0.1, 0.15) is 25.1 Å². The summed E-state index contributed by atoms with van der Waals surface area (Å²) < 4.78 is 0. The highest BCUT2D eigenvalue weighted by molar-refractivity contribution is 5.71. The second kappa shape index (κ2) is 6.39. The van der Waals surface area contributed by atoms with E-state index in [0.717, 1.165) is 0 Å². The summed E-state index contributed by atoms with van der Waals surface area (Å²) in [5.74, 6) is -1.30. The van der Waals surface area contributed by atoms with E-state index in [1.807, 2.05) is 0 Å². The lowest BCUT2D eigenvalue weighted by Gasteiger charge is -2.10. The van der Waals surface area contributed by atoms with Crippen molar-refractivity contribution in [3.05, 3.63) is 0 Å². The highest BCUT2D eigenvalue weighted by Gasteiger charge is 2.19. The topological polar surface area (TPSA) is 68.3 Å². The third kappa shape index (κ3) is 3.18. The smallest absolute Gasteiger partial charge is 0.124 e. The predicted molar refractivity (Wildman–Crippen MR) is 40.5 cm³/mol. The van der Waals surface area contributed by atoms with Gasteiger partial charge < -0.3 is 19.2 Å². The summed E-state index contributed by atoms with van der Waals surface area (Å²) in [4.78, 5) is 40.7. The van der Waals surface area contributed by atoms with Gasteiger partial charge in [0.25, 0.3) is 0 Å². The molecule has 12 heavy (non-hydrogen) atoms. The van der Waals surface area contributed by atoms with Crippen molar-refractivity contribution in [2.45, 2.75) is 12.8 Å². The zero-order chi connectivity index (χ0) is 9.40. The zero-order valence-electron chi connectivity index (χ0n) is 6.51. The molecule has 0 aromatic heterocycles. The van der Waals surface area contributed by atoms with E-state index in [1.54, 1.807) is 0 Å². The molecule has 0 aromatic carbocycles. The van der Waals surface area contributed by atoms with Crippen molar-refractivity contribution >= 4 is 25.1 Å². The maximum absolute atomic E-state index is 10.3.